The van der Waals surface area contributed by atoms with Crippen molar-refractivity contribution in [2.24, 2.45) is 0 Å². The Morgan fingerprint density at radius 1 is 1.42 bits per heavy atom. The summed E-state index contributed by atoms with van der Waals surface area (Å²) < 4.78 is 14.3. The lowest BCUT2D eigenvalue weighted by molar-refractivity contribution is 0.0689. The summed E-state index contributed by atoms with van der Waals surface area (Å²) in [5.74, 6) is -0.632. The molecule has 5 nitrogen and oxygen atoms in total. The smallest absolute Gasteiger partial charge is 0.358 e. The van der Waals surface area contributed by atoms with Crippen LogP contribution in [0.25, 0.3) is 0 Å². The van der Waals surface area contributed by atoms with Crippen molar-refractivity contribution < 1.29 is 14.3 Å². The van der Waals surface area contributed by atoms with Gasteiger partial charge in [0.15, 0.2) is 5.69 Å². The zero-order chi connectivity index (χ0) is 13.8. The first-order chi connectivity index (χ1) is 9.08. The molecule has 100 valence electrons. The second-order valence-corrected chi connectivity index (χ2v) is 5.02. The van der Waals surface area contributed by atoms with Gasteiger partial charge in [-0.05, 0) is 31.2 Å². The van der Waals surface area contributed by atoms with Crippen LogP contribution in [0.3, 0.4) is 0 Å². The van der Waals surface area contributed by atoms with Gasteiger partial charge >= 0.3 is 5.97 Å². The van der Waals surface area contributed by atoms with Crippen LogP contribution in [0.5, 0.6) is 0 Å². The summed E-state index contributed by atoms with van der Waals surface area (Å²) >= 11 is 1.55. The molecule has 7 heteroatoms. The lowest BCUT2D eigenvalue weighted by atomic mass is 10.3. The molecule has 0 fully saturated rings. The van der Waals surface area contributed by atoms with Gasteiger partial charge in [-0.15, -0.1) is 16.9 Å². The molecular weight excluding hydrogens is 269 g/mol. The number of rotatable bonds is 5. The molecule has 0 saturated carbocycles. The van der Waals surface area contributed by atoms with Crippen molar-refractivity contribution in [3.05, 3.63) is 41.5 Å². The quantitative estimate of drug-likeness (QED) is 0.851. The van der Waals surface area contributed by atoms with E-state index in [0.717, 1.165) is 4.90 Å². The molecule has 2 aromatic rings. The van der Waals surface area contributed by atoms with E-state index in [4.69, 9.17) is 5.11 Å². The van der Waals surface area contributed by atoms with Gasteiger partial charge in [-0.2, -0.15) is 0 Å². The Hall–Kier alpha value is -1.89. The van der Waals surface area contributed by atoms with Crippen LogP contribution in [-0.4, -0.2) is 31.8 Å². The molecule has 1 aromatic carbocycles. The highest BCUT2D eigenvalue weighted by atomic mass is 32.2. The van der Waals surface area contributed by atoms with Crippen LogP contribution in [0.1, 0.15) is 16.2 Å². The first-order valence-corrected chi connectivity index (χ1v) is 6.58. The molecule has 0 bridgehead atoms. The van der Waals surface area contributed by atoms with Crippen LogP contribution < -0.4 is 0 Å². The second-order valence-electron chi connectivity index (χ2n) is 3.85. The predicted molar refractivity (Wildman–Crippen MR) is 68.8 cm³/mol. The van der Waals surface area contributed by atoms with Crippen molar-refractivity contribution in [2.75, 3.05) is 5.75 Å². The fraction of sp³-hybridized carbons (Fsp3) is 0.250. The highest BCUT2D eigenvalue weighted by Crippen LogP contribution is 2.18. The normalized spacial score (nSPS) is 10.6. The monoisotopic (exact) mass is 281 g/mol. The van der Waals surface area contributed by atoms with Crippen LogP contribution in [0.2, 0.25) is 0 Å². The summed E-state index contributed by atoms with van der Waals surface area (Å²) in [6.45, 7) is 2.22. The number of thioether (sulfide) groups is 1. The van der Waals surface area contributed by atoms with Crippen molar-refractivity contribution in [3.63, 3.8) is 0 Å². The van der Waals surface area contributed by atoms with Gasteiger partial charge in [-0.1, -0.05) is 5.21 Å². The average Bonchev–Trinajstić information content (AvgIpc) is 2.74. The standard InChI is InChI=1S/C12H12FN3O2S/c1-8-11(12(17)18)14-15-16(8)6-7-19-10-4-2-9(13)3-5-10/h2-5H,6-7H2,1H3,(H,17,18). The maximum Gasteiger partial charge on any atom is 0.358 e. The third-order valence-corrected chi connectivity index (χ3v) is 3.56. The van der Waals surface area contributed by atoms with Gasteiger partial charge in [0, 0.05) is 10.6 Å². The maximum absolute atomic E-state index is 12.7. The molecule has 0 radical (unpaired) electrons. The van der Waals surface area contributed by atoms with E-state index < -0.39 is 5.97 Å². The maximum atomic E-state index is 12.7. The highest BCUT2D eigenvalue weighted by Gasteiger charge is 2.14. The van der Waals surface area contributed by atoms with Crippen LogP contribution in [0.15, 0.2) is 29.2 Å². The highest BCUT2D eigenvalue weighted by molar-refractivity contribution is 7.99. The summed E-state index contributed by atoms with van der Waals surface area (Å²) in [7, 11) is 0. The summed E-state index contributed by atoms with van der Waals surface area (Å²) in [6, 6.07) is 6.23. The number of hydrogen-bond donors (Lipinski definition) is 1. The number of aromatic carboxylic acids is 1. The van der Waals surface area contributed by atoms with E-state index in [-0.39, 0.29) is 11.5 Å². The Bertz CT molecular complexity index is 583. The molecule has 1 aromatic heterocycles. The number of halogens is 1. The number of nitrogens with zero attached hydrogens (tertiary/aromatic N) is 3. The van der Waals surface area contributed by atoms with E-state index in [1.165, 1.54) is 12.1 Å². The van der Waals surface area contributed by atoms with Gasteiger partial charge in [0.25, 0.3) is 0 Å². The molecule has 0 aliphatic rings. The lowest BCUT2D eigenvalue weighted by Crippen LogP contribution is -2.06. The minimum Gasteiger partial charge on any atom is -0.476 e. The van der Waals surface area contributed by atoms with Gasteiger partial charge in [0.05, 0.1) is 12.2 Å². The molecule has 0 saturated heterocycles. The number of benzene rings is 1. The summed E-state index contributed by atoms with van der Waals surface area (Å²) in [5, 5.41) is 16.3. The third-order valence-electron chi connectivity index (χ3n) is 2.57. The minimum absolute atomic E-state index is 0.0215. The van der Waals surface area contributed by atoms with E-state index in [2.05, 4.69) is 10.3 Å². The van der Waals surface area contributed by atoms with Crippen LogP contribution >= 0.6 is 11.8 Å². The number of hydrogen-bond acceptors (Lipinski definition) is 4. The van der Waals surface area contributed by atoms with Crippen molar-refractivity contribution in [3.8, 4) is 0 Å². The fourth-order valence-electron chi connectivity index (χ4n) is 1.55. The molecule has 0 spiro atoms. The van der Waals surface area contributed by atoms with Crippen LogP contribution in [0.4, 0.5) is 4.39 Å². The van der Waals surface area contributed by atoms with Gasteiger partial charge in [0.1, 0.15) is 5.82 Å². The summed E-state index contributed by atoms with van der Waals surface area (Å²) in [4.78, 5) is 11.8. The zero-order valence-corrected chi connectivity index (χ0v) is 11.0. The Kier molecular flexibility index (Phi) is 4.16. The average molecular weight is 281 g/mol. The zero-order valence-electron chi connectivity index (χ0n) is 10.2. The molecule has 0 atom stereocenters. The third kappa shape index (κ3) is 3.31. The second kappa shape index (κ2) is 5.83. The van der Waals surface area contributed by atoms with E-state index in [0.29, 0.717) is 18.0 Å². The van der Waals surface area contributed by atoms with E-state index in [1.807, 2.05) is 0 Å². The summed E-state index contributed by atoms with van der Waals surface area (Å²) in [5.41, 5.74) is 0.513. The van der Waals surface area contributed by atoms with E-state index in [1.54, 1.807) is 35.5 Å². The molecule has 0 unspecified atom stereocenters. The number of carbonyl (C=O) groups is 1. The molecule has 0 amide bonds. The largest absolute Gasteiger partial charge is 0.476 e. The SMILES string of the molecule is Cc1c(C(=O)O)nnn1CCSc1ccc(F)cc1. The first-order valence-electron chi connectivity index (χ1n) is 5.59. The van der Waals surface area contributed by atoms with Gasteiger partial charge in [-0.3, -0.25) is 0 Å². The molecule has 1 N–H and O–H groups in total. The van der Waals surface area contributed by atoms with Crippen LogP contribution in [0, 0.1) is 12.7 Å². The molecule has 1 heterocycles. The van der Waals surface area contributed by atoms with Gasteiger partial charge in [0.2, 0.25) is 0 Å². The molecular formula is C12H12FN3O2S. The van der Waals surface area contributed by atoms with Crippen molar-refractivity contribution in [1.29, 1.82) is 0 Å². The molecule has 19 heavy (non-hydrogen) atoms. The topological polar surface area (TPSA) is 68.0 Å². The first kappa shape index (κ1) is 13.5. The Morgan fingerprint density at radius 2 is 2.11 bits per heavy atom. The molecule has 2 rings (SSSR count). The van der Waals surface area contributed by atoms with Gasteiger partial charge in [-0.25, -0.2) is 13.9 Å². The van der Waals surface area contributed by atoms with Crippen molar-refractivity contribution in [2.45, 2.75) is 18.4 Å². The summed E-state index contributed by atoms with van der Waals surface area (Å²) in [6.07, 6.45) is 0. The Morgan fingerprint density at radius 3 is 2.68 bits per heavy atom. The number of carboxylic acids is 1. The van der Waals surface area contributed by atoms with E-state index >= 15 is 0 Å². The van der Waals surface area contributed by atoms with Gasteiger partial charge < -0.3 is 5.11 Å². The predicted octanol–water partition coefficient (Wildman–Crippen LogP) is 2.22. The Balaban J connectivity index is 1.92. The van der Waals surface area contributed by atoms with E-state index in [9.17, 15) is 9.18 Å². The number of aromatic nitrogens is 3. The Labute approximate surface area is 113 Å². The molecule has 0 aliphatic carbocycles. The minimum atomic E-state index is -1.07. The number of aryl methyl sites for hydroxylation is 1. The molecule has 0 aliphatic heterocycles. The van der Waals surface area contributed by atoms with Crippen LogP contribution in [-0.2, 0) is 6.54 Å². The number of carboxylic acid groups (broad SMARTS) is 1. The lowest BCUT2D eigenvalue weighted by Gasteiger charge is -2.03. The van der Waals surface area contributed by atoms with Crippen molar-refractivity contribution in [1.82, 2.24) is 15.0 Å². The van der Waals surface area contributed by atoms with Crippen molar-refractivity contribution >= 4 is 17.7 Å². The fourth-order valence-corrected chi connectivity index (χ4v) is 2.38.